The topological polar surface area (TPSA) is 166 Å². The zero-order valence-corrected chi connectivity index (χ0v) is 16.5. The number of rotatable bonds is 5. The molecule has 0 radical (unpaired) electrons. The minimum absolute atomic E-state index is 0.146. The summed E-state index contributed by atoms with van der Waals surface area (Å²) in [6.45, 7) is -0.462. The summed E-state index contributed by atoms with van der Waals surface area (Å²) in [5, 5.41) is 30.1. The number of anilines is 1. The molecule has 2 aromatic heterocycles. The van der Waals surface area contributed by atoms with E-state index in [1.54, 1.807) is 36.4 Å². The van der Waals surface area contributed by atoms with E-state index in [0.717, 1.165) is 5.56 Å². The van der Waals surface area contributed by atoms with Crippen molar-refractivity contribution in [2.24, 2.45) is 0 Å². The van der Waals surface area contributed by atoms with E-state index in [9.17, 15) is 20.1 Å². The van der Waals surface area contributed by atoms with E-state index in [1.165, 1.54) is 18.0 Å². The molecule has 11 nitrogen and oxygen atoms in total. The Morgan fingerprint density at radius 1 is 1.23 bits per heavy atom. The second kappa shape index (κ2) is 8.40. The Morgan fingerprint density at radius 2 is 1.97 bits per heavy atom. The van der Waals surface area contributed by atoms with Gasteiger partial charge in [0.1, 0.15) is 30.5 Å². The number of carbonyl (C=O) groups is 1. The molecule has 31 heavy (non-hydrogen) atoms. The second-order valence-electron chi connectivity index (χ2n) is 6.95. The average Bonchev–Trinajstić information content (AvgIpc) is 3.30. The van der Waals surface area contributed by atoms with Crippen LogP contribution in [0.4, 0.5) is 5.82 Å². The predicted molar refractivity (Wildman–Crippen MR) is 109 cm³/mol. The number of nitrogen functional groups attached to an aromatic ring is 1. The summed E-state index contributed by atoms with van der Waals surface area (Å²) in [5.41, 5.74) is 7.73. The van der Waals surface area contributed by atoms with Crippen LogP contribution in [-0.2, 0) is 9.47 Å². The maximum Gasteiger partial charge on any atom is 0.337 e. The van der Waals surface area contributed by atoms with Gasteiger partial charge in [-0.05, 0) is 23.8 Å². The van der Waals surface area contributed by atoms with Crippen molar-refractivity contribution in [2.45, 2.75) is 24.5 Å². The van der Waals surface area contributed by atoms with E-state index in [-0.39, 0.29) is 5.82 Å². The summed E-state index contributed by atoms with van der Waals surface area (Å²) >= 11 is 0. The number of carbonyl (C=O) groups excluding carboxylic acids is 1. The molecule has 0 bridgehead atoms. The normalized spacial score (nSPS) is 23.6. The number of aromatic nitrogens is 4. The number of hydrogen-bond acceptors (Lipinski definition) is 10. The van der Waals surface area contributed by atoms with Crippen molar-refractivity contribution >= 4 is 35.1 Å². The van der Waals surface area contributed by atoms with Crippen molar-refractivity contribution in [3.8, 4) is 0 Å². The Balaban J connectivity index is 1.74. The molecular formula is C20H21N5O6. The molecule has 0 unspecified atom stereocenters. The van der Waals surface area contributed by atoms with Gasteiger partial charge in [-0.3, -0.25) is 4.57 Å². The summed E-state index contributed by atoms with van der Waals surface area (Å²) < 4.78 is 11.8. The van der Waals surface area contributed by atoms with Crippen LogP contribution in [0.3, 0.4) is 0 Å². The zero-order valence-electron chi connectivity index (χ0n) is 16.5. The van der Waals surface area contributed by atoms with Gasteiger partial charge in [0.25, 0.3) is 0 Å². The van der Waals surface area contributed by atoms with Gasteiger partial charge in [0.15, 0.2) is 23.2 Å². The first-order chi connectivity index (χ1) is 14.9. The average molecular weight is 427 g/mol. The van der Waals surface area contributed by atoms with Gasteiger partial charge in [0.2, 0.25) is 0 Å². The maximum atomic E-state index is 11.6. The van der Waals surface area contributed by atoms with Crippen molar-refractivity contribution in [2.75, 3.05) is 19.5 Å². The van der Waals surface area contributed by atoms with Crippen LogP contribution in [0.25, 0.3) is 23.3 Å². The Morgan fingerprint density at radius 3 is 2.61 bits per heavy atom. The van der Waals surface area contributed by atoms with Crippen molar-refractivity contribution in [3.63, 3.8) is 0 Å². The molecule has 1 saturated heterocycles. The van der Waals surface area contributed by atoms with E-state index in [0.29, 0.717) is 22.6 Å². The first kappa shape index (κ1) is 20.9. The predicted octanol–water partition coefficient (Wildman–Crippen LogP) is -0.0230. The molecule has 0 spiro atoms. The molecule has 5 N–H and O–H groups in total. The highest BCUT2D eigenvalue weighted by atomic mass is 16.6. The molecule has 0 aliphatic carbocycles. The molecule has 4 atom stereocenters. The quantitative estimate of drug-likeness (QED) is 0.406. The molecule has 4 rings (SSSR count). The number of methoxy groups -OCH3 is 1. The van der Waals surface area contributed by atoms with Gasteiger partial charge < -0.3 is 30.5 Å². The lowest BCUT2D eigenvalue weighted by atomic mass is 10.1. The minimum Gasteiger partial charge on any atom is -0.465 e. The van der Waals surface area contributed by atoms with Crippen LogP contribution in [0, 0.1) is 0 Å². The van der Waals surface area contributed by atoms with Crippen LogP contribution in [0.2, 0.25) is 0 Å². The van der Waals surface area contributed by atoms with Crippen molar-refractivity contribution in [3.05, 3.63) is 47.5 Å². The third-order valence-corrected chi connectivity index (χ3v) is 5.06. The fraction of sp³-hybridized carbons (Fsp3) is 0.300. The Kier molecular flexibility index (Phi) is 5.65. The maximum absolute atomic E-state index is 11.6. The lowest BCUT2D eigenvalue weighted by Gasteiger charge is -2.18. The van der Waals surface area contributed by atoms with Crippen LogP contribution in [-0.4, -0.2) is 72.8 Å². The third kappa shape index (κ3) is 3.75. The number of aliphatic hydroxyl groups is 3. The lowest BCUT2D eigenvalue weighted by Crippen LogP contribution is -2.33. The van der Waals surface area contributed by atoms with Gasteiger partial charge in [-0.1, -0.05) is 18.2 Å². The number of aliphatic hydroxyl groups excluding tert-OH is 3. The monoisotopic (exact) mass is 427 g/mol. The van der Waals surface area contributed by atoms with Crippen LogP contribution in [0.5, 0.6) is 0 Å². The van der Waals surface area contributed by atoms with Gasteiger partial charge in [0.05, 0.1) is 19.3 Å². The standard InChI is InChI=1S/C20H21N5O6/c1-30-20(29)11-5-2-10(3-6-11)4-7-13-24-14-17(21)22-9-23-18(14)25(13)19-16(28)15(27)12(8-26)31-19/h2-7,9,12,15-16,19,26-28H,8H2,1H3,(H2,21,22,23)/b7-4+/t12-,15-,16-,19-/m1/s1. The Hall–Kier alpha value is -3.38. The van der Waals surface area contributed by atoms with Crippen LogP contribution in [0.1, 0.15) is 28.0 Å². The van der Waals surface area contributed by atoms with Gasteiger partial charge in [0, 0.05) is 0 Å². The number of esters is 1. The van der Waals surface area contributed by atoms with Crippen molar-refractivity contribution in [1.82, 2.24) is 19.5 Å². The summed E-state index contributed by atoms with van der Waals surface area (Å²) in [6, 6.07) is 6.72. The fourth-order valence-electron chi connectivity index (χ4n) is 3.42. The molecule has 1 aromatic carbocycles. The molecule has 0 amide bonds. The number of nitrogens with two attached hydrogens (primary N) is 1. The summed E-state index contributed by atoms with van der Waals surface area (Å²) in [4.78, 5) is 24.2. The third-order valence-electron chi connectivity index (χ3n) is 5.06. The molecule has 3 heterocycles. The first-order valence-electron chi connectivity index (χ1n) is 9.42. The summed E-state index contributed by atoms with van der Waals surface area (Å²) in [5.74, 6) is 0.0531. The SMILES string of the molecule is COC(=O)c1ccc(/C=C/c2nc3c(N)ncnc3n2[C@@H]2O[C@H](CO)[C@@H](O)[C@H]2O)cc1. The van der Waals surface area contributed by atoms with E-state index < -0.39 is 37.1 Å². The van der Waals surface area contributed by atoms with Gasteiger partial charge in [-0.25, -0.2) is 19.7 Å². The molecule has 0 saturated carbocycles. The Labute approximate surface area is 176 Å². The number of fused-ring (bicyclic) bond motifs is 1. The lowest BCUT2D eigenvalue weighted by molar-refractivity contribution is -0.0513. The van der Waals surface area contributed by atoms with Gasteiger partial charge >= 0.3 is 5.97 Å². The van der Waals surface area contributed by atoms with Crippen LogP contribution >= 0.6 is 0 Å². The molecule has 162 valence electrons. The molecular weight excluding hydrogens is 406 g/mol. The minimum atomic E-state index is -1.32. The second-order valence-corrected chi connectivity index (χ2v) is 6.95. The number of hydrogen-bond donors (Lipinski definition) is 4. The highest BCUT2D eigenvalue weighted by Gasteiger charge is 2.44. The largest absolute Gasteiger partial charge is 0.465 e. The van der Waals surface area contributed by atoms with E-state index in [4.69, 9.17) is 10.5 Å². The molecule has 1 fully saturated rings. The highest BCUT2D eigenvalue weighted by Crippen LogP contribution is 2.34. The number of nitrogens with zero attached hydrogens (tertiary/aromatic N) is 4. The van der Waals surface area contributed by atoms with Crippen LogP contribution < -0.4 is 5.73 Å². The van der Waals surface area contributed by atoms with Crippen LogP contribution in [0.15, 0.2) is 30.6 Å². The number of benzene rings is 1. The Bertz CT molecular complexity index is 1130. The first-order valence-corrected chi connectivity index (χ1v) is 9.42. The fourth-order valence-corrected chi connectivity index (χ4v) is 3.42. The smallest absolute Gasteiger partial charge is 0.337 e. The molecule has 1 aliphatic heterocycles. The van der Waals surface area contributed by atoms with Crippen molar-refractivity contribution < 1.29 is 29.6 Å². The molecule has 11 heteroatoms. The summed E-state index contributed by atoms with van der Waals surface area (Å²) in [6.07, 6.45) is 0.0433. The van der Waals surface area contributed by atoms with E-state index in [2.05, 4.69) is 19.7 Å². The number of imidazole rings is 1. The van der Waals surface area contributed by atoms with E-state index in [1.807, 2.05) is 0 Å². The zero-order chi connectivity index (χ0) is 22.1. The van der Waals surface area contributed by atoms with Gasteiger partial charge in [-0.15, -0.1) is 0 Å². The van der Waals surface area contributed by atoms with Crippen molar-refractivity contribution in [1.29, 1.82) is 0 Å². The number of ether oxygens (including phenoxy) is 2. The highest BCUT2D eigenvalue weighted by molar-refractivity contribution is 5.89. The van der Waals surface area contributed by atoms with Gasteiger partial charge in [-0.2, -0.15) is 0 Å². The summed E-state index contributed by atoms with van der Waals surface area (Å²) in [7, 11) is 1.31. The molecule has 3 aromatic rings. The van der Waals surface area contributed by atoms with E-state index >= 15 is 0 Å². The molecule has 1 aliphatic rings.